The lowest BCUT2D eigenvalue weighted by atomic mass is 10.0. The van der Waals surface area contributed by atoms with E-state index in [0.29, 0.717) is 11.1 Å². The van der Waals surface area contributed by atoms with Crippen molar-refractivity contribution in [3.63, 3.8) is 0 Å². The number of nitrogens with zero attached hydrogens (tertiary/aromatic N) is 1. The highest BCUT2D eigenvalue weighted by atomic mass is 19.4. The lowest BCUT2D eigenvalue weighted by Gasteiger charge is -2.14. The van der Waals surface area contributed by atoms with Crippen molar-refractivity contribution >= 4 is 5.57 Å². The smallest absolute Gasteiger partial charge is 0.245 e. The lowest BCUT2D eigenvalue weighted by Crippen LogP contribution is -2.15. The van der Waals surface area contributed by atoms with Gasteiger partial charge in [-0.05, 0) is 31.9 Å². The molecule has 0 spiro atoms. The zero-order valence-electron chi connectivity index (χ0n) is 9.17. The first-order chi connectivity index (χ1) is 7.16. The molecule has 0 aliphatic rings. The number of aromatic nitrogens is 1. The van der Waals surface area contributed by atoms with Gasteiger partial charge in [0.1, 0.15) is 0 Å². The number of hydrogen-bond acceptors (Lipinski definition) is 1. The number of hydrogen-bond donors (Lipinski definition) is 0. The second-order valence-corrected chi connectivity index (χ2v) is 3.64. The molecule has 0 saturated heterocycles. The van der Waals surface area contributed by atoms with Crippen LogP contribution in [-0.2, 0) is 6.18 Å². The van der Waals surface area contributed by atoms with Gasteiger partial charge in [-0.15, -0.1) is 0 Å². The number of allylic oxidation sites excluding steroid dienone is 1. The van der Waals surface area contributed by atoms with Gasteiger partial charge in [-0.25, -0.2) is 9.37 Å². The third kappa shape index (κ3) is 2.08. The van der Waals surface area contributed by atoms with E-state index in [0.717, 1.165) is 0 Å². The van der Waals surface area contributed by atoms with E-state index < -0.39 is 17.7 Å². The number of alkyl halides is 3. The molecule has 1 nitrogen and oxygen atoms in total. The number of halogens is 4. The fourth-order valence-corrected chi connectivity index (χ4v) is 1.65. The zero-order chi connectivity index (χ0) is 12.7. The van der Waals surface area contributed by atoms with E-state index in [1.54, 1.807) is 6.92 Å². The van der Waals surface area contributed by atoms with Crippen molar-refractivity contribution in [2.75, 3.05) is 0 Å². The third-order valence-electron chi connectivity index (χ3n) is 2.25. The van der Waals surface area contributed by atoms with E-state index in [2.05, 4.69) is 11.6 Å². The minimum absolute atomic E-state index is 0.0627. The summed E-state index contributed by atoms with van der Waals surface area (Å²) in [6, 6.07) is 0. The highest BCUT2D eigenvalue weighted by Crippen LogP contribution is 2.33. The van der Waals surface area contributed by atoms with Crippen molar-refractivity contribution in [3.8, 4) is 0 Å². The Kier molecular flexibility index (Phi) is 3.08. The van der Waals surface area contributed by atoms with Gasteiger partial charge in [-0.3, -0.25) is 0 Å². The number of aryl methyl sites for hydroxylation is 1. The van der Waals surface area contributed by atoms with Crippen molar-refractivity contribution in [2.45, 2.75) is 26.9 Å². The molecule has 1 aromatic heterocycles. The molecule has 1 rings (SSSR count). The van der Waals surface area contributed by atoms with E-state index in [-0.39, 0.29) is 11.3 Å². The number of pyridine rings is 1. The monoisotopic (exact) mass is 233 g/mol. The summed E-state index contributed by atoms with van der Waals surface area (Å²) in [4.78, 5) is 3.27. The molecule has 0 fully saturated rings. The molecule has 5 heteroatoms. The first kappa shape index (κ1) is 12.7. The second kappa shape index (κ2) is 3.88. The summed E-state index contributed by atoms with van der Waals surface area (Å²) in [5.41, 5.74) is -0.542. The zero-order valence-corrected chi connectivity index (χ0v) is 9.17. The van der Waals surface area contributed by atoms with Crippen molar-refractivity contribution in [3.05, 3.63) is 34.9 Å². The van der Waals surface area contributed by atoms with Crippen molar-refractivity contribution in [1.29, 1.82) is 0 Å². The predicted octanol–water partition coefficient (Wildman–Crippen LogP) is 3.89. The first-order valence-electron chi connectivity index (χ1n) is 4.56. The maximum atomic E-state index is 13.5. The van der Waals surface area contributed by atoms with Gasteiger partial charge in [0.2, 0.25) is 0 Å². The third-order valence-corrected chi connectivity index (χ3v) is 2.25. The summed E-state index contributed by atoms with van der Waals surface area (Å²) in [5, 5.41) is 0. The molecule has 1 heterocycles. The molecule has 0 aliphatic heterocycles. The first-order valence-corrected chi connectivity index (χ1v) is 4.56. The van der Waals surface area contributed by atoms with Crippen LogP contribution >= 0.6 is 0 Å². The predicted molar refractivity (Wildman–Crippen MR) is 53.4 cm³/mol. The molecule has 0 atom stereocenters. The van der Waals surface area contributed by atoms with E-state index in [4.69, 9.17) is 0 Å². The highest BCUT2D eigenvalue weighted by Gasteiger charge is 2.37. The van der Waals surface area contributed by atoms with Gasteiger partial charge in [-0.1, -0.05) is 6.58 Å². The minimum Gasteiger partial charge on any atom is -0.245 e. The SMILES string of the molecule is C=C(C)c1c(C)nc(C(F)(F)F)c(F)c1C. The molecule has 88 valence electrons. The molecule has 0 N–H and O–H groups in total. The Morgan fingerprint density at radius 3 is 2.12 bits per heavy atom. The maximum Gasteiger partial charge on any atom is 0.436 e. The molecule has 0 unspecified atom stereocenters. The van der Waals surface area contributed by atoms with Gasteiger partial charge in [0.25, 0.3) is 0 Å². The van der Waals surface area contributed by atoms with Crippen LogP contribution in [0.2, 0.25) is 0 Å². The summed E-state index contributed by atoms with van der Waals surface area (Å²) in [6.07, 6.45) is -4.77. The van der Waals surface area contributed by atoms with E-state index in [1.807, 2.05) is 0 Å². The van der Waals surface area contributed by atoms with E-state index in [1.165, 1.54) is 13.8 Å². The maximum absolute atomic E-state index is 13.5. The van der Waals surface area contributed by atoms with Gasteiger partial charge in [0, 0.05) is 11.3 Å². The van der Waals surface area contributed by atoms with Crippen LogP contribution in [0.25, 0.3) is 5.57 Å². The second-order valence-electron chi connectivity index (χ2n) is 3.64. The topological polar surface area (TPSA) is 12.9 Å². The Labute approximate surface area is 90.8 Å². The van der Waals surface area contributed by atoms with Crippen molar-refractivity contribution in [2.24, 2.45) is 0 Å². The highest BCUT2D eigenvalue weighted by molar-refractivity contribution is 5.66. The van der Waals surface area contributed by atoms with Gasteiger partial charge in [0.15, 0.2) is 11.5 Å². The molecule has 0 radical (unpaired) electrons. The standard InChI is InChI=1S/C11H11F4N/c1-5(2)8-6(3)9(12)10(11(13,14)15)16-7(8)4/h1H2,2-4H3. The fraction of sp³-hybridized carbons (Fsp3) is 0.364. The molecule has 0 aliphatic carbocycles. The van der Waals surface area contributed by atoms with Crippen LogP contribution in [0, 0.1) is 19.7 Å². The summed E-state index contributed by atoms with van der Waals surface area (Å²) in [6.45, 7) is 7.90. The molecule has 0 amide bonds. The van der Waals surface area contributed by atoms with Crippen LogP contribution in [-0.4, -0.2) is 4.98 Å². The van der Waals surface area contributed by atoms with Crippen LogP contribution in [0.1, 0.15) is 29.4 Å². The largest absolute Gasteiger partial charge is 0.436 e. The van der Waals surface area contributed by atoms with E-state index in [9.17, 15) is 17.6 Å². The molecular weight excluding hydrogens is 222 g/mol. The van der Waals surface area contributed by atoms with Crippen LogP contribution in [0.4, 0.5) is 17.6 Å². The van der Waals surface area contributed by atoms with Crippen molar-refractivity contribution < 1.29 is 17.6 Å². The average molecular weight is 233 g/mol. The van der Waals surface area contributed by atoms with E-state index >= 15 is 0 Å². The van der Waals surface area contributed by atoms with Gasteiger partial charge in [0.05, 0.1) is 0 Å². The Bertz CT molecular complexity index is 446. The summed E-state index contributed by atoms with van der Waals surface area (Å²) in [5.74, 6) is -1.32. The Hall–Kier alpha value is -1.39. The van der Waals surface area contributed by atoms with Gasteiger partial charge in [-0.2, -0.15) is 13.2 Å². The molecule has 16 heavy (non-hydrogen) atoms. The normalized spacial score (nSPS) is 11.7. The molecule has 1 aromatic rings. The van der Waals surface area contributed by atoms with Gasteiger partial charge >= 0.3 is 6.18 Å². The van der Waals surface area contributed by atoms with Crippen LogP contribution in [0.3, 0.4) is 0 Å². The summed E-state index contributed by atoms with van der Waals surface area (Å²) < 4.78 is 50.7. The Morgan fingerprint density at radius 2 is 1.75 bits per heavy atom. The Morgan fingerprint density at radius 1 is 1.25 bits per heavy atom. The summed E-state index contributed by atoms with van der Waals surface area (Å²) >= 11 is 0. The molecule has 0 bridgehead atoms. The van der Waals surface area contributed by atoms with Crippen LogP contribution in [0.5, 0.6) is 0 Å². The Balaban J connectivity index is 3.58. The number of rotatable bonds is 1. The summed E-state index contributed by atoms with van der Waals surface area (Å²) in [7, 11) is 0. The quantitative estimate of drug-likeness (QED) is 0.670. The van der Waals surface area contributed by atoms with Crippen molar-refractivity contribution in [1.82, 2.24) is 4.98 Å². The molecule has 0 aromatic carbocycles. The average Bonchev–Trinajstić information content (AvgIpc) is 2.09. The van der Waals surface area contributed by atoms with Gasteiger partial charge < -0.3 is 0 Å². The molecular formula is C11H11F4N. The van der Waals surface area contributed by atoms with Crippen LogP contribution < -0.4 is 0 Å². The minimum atomic E-state index is -4.77. The lowest BCUT2D eigenvalue weighted by molar-refractivity contribution is -0.143. The fourth-order valence-electron chi connectivity index (χ4n) is 1.65. The molecule has 0 saturated carbocycles. The van der Waals surface area contributed by atoms with Crippen LogP contribution in [0.15, 0.2) is 6.58 Å².